The number of aromatic nitrogens is 2. The highest BCUT2D eigenvalue weighted by molar-refractivity contribution is 7.80. The molecule has 0 fully saturated rings. The summed E-state index contributed by atoms with van der Waals surface area (Å²) in [5.41, 5.74) is 0.577. The largest absolute Gasteiger partial charge is 0.495 e. The van der Waals surface area contributed by atoms with E-state index in [1.807, 2.05) is 0 Å². The van der Waals surface area contributed by atoms with Crippen molar-refractivity contribution in [3.63, 3.8) is 0 Å². The molecule has 0 spiro atoms. The lowest BCUT2D eigenvalue weighted by atomic mass is 10.2. The van der Waals surface area contributed by atoms with Crippen LogP contribution < -0.4 is 20.3 Å². The summed E-state index contributed by atoms with van der Waals surface area (Å²) < 4.78 is 11.7. The smallest absolute Gasteiger partial charge is 0.266 e. The molecule has 7 nitrogen and oxygen atoms in total. The van der Waals surface area contributed by atoms with Gasteiger partial charge in [0.1, 0.15) is 11.5 Å². The molecular weight excluding hydrogens is 425 g/mol. The van der Waals surface area contributed by atoms with Crippen LogP contribution in [0.25, 0.3) is 16.6 Å². The molecule has 0 aliphatic rings. The predicted octanol–water partition coefficient (Wildman–Crippen LogP) is 3.96. The van der Waals surface area contributed by atoms with Gasteiger partial charge < -0.3 is 14.8 Å². The Morgan fingerprint density at radius 1 is 1.11 bits per heavy atom. The quantitative estimate of drug-likeness (QED) is 0.474. The summed E-state index contributed by atoms with van der Waals surface area (Å²) in [4.78, 5) is 29.0. The van der Waals surface area contributed by atoms with E-state index in [1.165, 1.54) is 43.9 Å². The highest BCUT2D eigenvalue weighted by atomic mass is 35.5. The van der Waals surface area contributed by atoms with E-state index >= 15 is 0 Å². The van der Waals surface area contributed by atoms with Crippen LogP contribution in [0.5, 0.6) is 11.5 Å². The van der Waals surface area contributed by atoms with Gasteiger partial charge in [-0.1, -0.05) is 23.2 Å². The van der Waals surface area contributed by atoms with E-state index in [1.54, 1.807) is 6.07 Å². The van der Waals surface area contributed by atoms with Crippen LogP contribution in [0.2, 0.25) is 10.0 Å². The van der Waals surface area contributed by atoms with E-state index in [0.29, 0.717) is 33.4 Å². The maximum Gasteiger partial charge on any atom is 0.266 e. The number of thiol groups is 1. The zero-order valence-corrected chi connectivity index (χ0v) is 17.4. The molecule has 0 radical (unpaired) electrons. The van der Waals surface area contributed by atoms with Crippen molar-refractivity contribution >= 4 is 58.3 Å². The van der Waals surface area contributed by atoms with Crippen LogP contribution >= 0.6 is 35.8 Å². The number of carbonyl (C=O) groups is 1. The SMILES string of the molecule is COc1cc(-n2c(S)nc3cc(OC)c(NC(C)=O)cc3c2=O)c(Cl)cc1Cl. The number of carbonyl (C=O) groups excluding carboxylic acids is 1. The fraction of sp³-hybridized carbons (Fsp3) is 0.167. The normalized spacial score (nSPS) is 10.8. The lowest BCUT2D eigenvalue weighted by molar-refractivity contribution is -0.114. The Morgan fingerprint density at radius 3 is 2.39 bits per heavy atom. The Hall–Kier alpha value is -2.42. The molecule has 3 aromatic rings. The van der Waals surface area contributed by atoms with Crippen molar-refractivity contribution in [2.24, 2.45) is 0 Å². The fourth-order valence-electron chi connectivity index (χ4n) is 2.72. The van der Waals surface area contributed by atoms with Gasteiger partial charge in [0.05, 0.1) is 46.5 Å². The number of benzene rings is 2. The van der Waals surface area contributed by atoms with Gasteiger partial charge in [0.2, 0.25) is 5.91 Å². The number of ether oxygens (including phenoxy) is 2. The first-order chi connectivity index (χ1) is 13.3. The van der Waals surface area contributed by atoms with Crippen molar-refractivity contribution in [1.82, 2.24) is 9.55 Å². The highest BCUT2D eigenvalue weighted by Gasteiger charge is 2.18. The number of halogens is 2. The van der Waals surface area contributed by atoms with Crippen molar-refractivity contribution in [3.05, 3.63) is 44.7 Å². The maximum absolute atomic E-state index is 13.2. The number of nitrogens with one attached hydrogen (secondary N) is 1. The summed E-state index contributed by atoms with van der Waals surface area (Å²) in [6.07, 6.45) is 0. The average Bonchev–Trinajstić information content (AvgIpc) is 2.63. The van der Waals surface area contributed by atoms with E-state index in [-0.39, 0.29) is 21.5 Å². The first-order valence-corrected chi connectivity index (χ1v) is 9.12. The standard InChI is InChI=1S/C18H15Cl2N3O4S/c1-8(24)21-13-4-9-12(6-16(13)27-3)22-18(28)23(17(9)25)14-7-15(26-2)11(20)5-10(14)19/h4-7H,1-3H3,(H,21,24)(H,22,28). The fourth-order valence-corrected chi connectivity index (χ4v) is 3.57. The van der Waals surface area contributed by atoms with Crippen LogP contribution in [-0.4, -0.2) is 29.7 Å². The van der Waals surface area contributed by atoms with Crippen LogP contribution in [0.1, 0.15) is 6.92 Å². The van der Waals surface area contributed by atoms with Gasteiger partial charge in [0.25, 0.3) is 5.56 Å². The molecule has 146 valence electrons. The Labute approximate surface area is 175 Å². The molecule has 1 amide bonds. The molecule has 0 aliphatic carbocycles. The predicted molar refractivity (Wildman–Crippen MR) is 112 cm³/mol. The molecule has 0 saturated carbocycles. The molecule has 0 bridgehead atoms. The van der Waals surface area contributed by atoms with E-state index in [2.05, 4.69) is 22.9 Å². The second-order valence-electron chi connectivity index (χ2n) is 5.74. The third kappa shape index (κ3) is 3.63. The third-order valence-corrected chi connectivity index (χ3v) is 4.84. The van der Waals surface area contributed by atoms with Gasteiger partial charge in [-0.25, -0.2) is 4.98 Å². The van der Waals surface area contributed by atoms with Gasteiger partial charge in [-0.3, -0.25) is 14.2 Å². The Bertz CT molecular complexity index is 1160. The van der Waals surface area contributed by atoms with E-state index in [4.69, 9.17) is 32.7 Å². The molecule has 28 heavy (non-hydrogen) atoms. The van der Waals surface area contributed by atoms with Gasteiger partial charge in [-0.2, -0.15) is 0 Å². The summed E-state index contributed by atoms with van der Waals surface area (Å²) in [5.74, 6) is 0.406. The van der Waals surface area contributed by atoms with E-state index < -0.39 is 5.56 Å². The summed E-state index contributed by atoms with van der Waals surface area (Å²) in [6.45, 7) is 1.36. The third-order valence-electron chi connectivity index (χ3n) is 3.94. The molecule has 0 saturated heterocycles. The van der Waals surface area contributed by atoms with Gasteiger partial charge >= 0.3 is 0 Å². The van der Waals surface area contributed by atoms with Crippen LogP contribution in [-0.2, 0) is 4.79 Å². The number of methoxy groups -OCH3 is 2. The number of amides is 1. The summed E-state index contributed by atoms with van der Waals surface area (Å²) in [6, 6.07) is 6.04. The number of rotatable bonds is 4. The molecular formula is C18H15Cl2N3O4S. The molecule has 0 unspecified atom stereocenters. The van der Waals surface area contributed by atoms with E-state index in [9.17, 15) is 9.59 Å². The van der Waals surface area contributed by atoms with Crippen molar-refractivity contribution in [2.45, 2.75) is 12.1 Å². The van der Waals surface area contributed by atoms with E-state index in [0.717, 1.165) is 0 Å². The topological polar surface area (TPSA) is 82.4 Å². The minimum atomic E-state index is -0.435. The number of fused-ring (bicyclic) bond motifs is 1. The zero-order valence-electron chi connectivity index (χ0n) is 15.0. The van der Waals surface area contributed by atoms with Crippen LogP contribution in [0.4, 0.5) is 5.69 Å². The zero-order chi connectivity index (χ0) is 20.6. The molecule has 10 heteroatoms. The Kier molecular flexibility index (Phi) is 5.74. The first kappa shape index (κ1) is 20.3. The minimum Gasteiger partial charge on any atom is -0.495 e. The van der Waals surface area contributed by atoms with Gasteiger partial charge in [-0.05, 0) is 12.1 Å². The number of anilines is 1. The second kappa shape index (κ2) is 7.90. The molecule has 1 heterocycles. The van der Waals surface area contributed by atoms with Crippen LogP contribution in [0, 0.1) is 0 Å². The molecule has 0 aliphatic heterocycles. The van der Waals surface area contributed by atoms with Gasteiger partial charge in [0.15, 0.2) is 5.16 Å². The van der Waals surface area contributed by atoms with Crippen molar-refractivity contribution < 1.29 is 14.3 Å². The lowest BCUT2D eigenvalue weighted by Crippen LogP contribution is -2.22. The Balaban J connectivity index is 2.34. The number of hydrogen-bond donors (Lipinski definition) is 2. The monoisotopic (exact) mass is 439 g/mol. The highest BCUT2D eigenvalue weighted by Crippen LogP contribution is 2.34. The maximum atomic E-state index is 13.2. The minimum absolute atomic E-state index is 0.109. The van der Waals surface area contributed by atoms with Gasteiger partial charge in [-0.15, -0.1) is 12.6 Å². The second-order valence-corrected chi connectivity index (χ2v) is 6.96. The van der Waals surface area contributed by atoms with Crippen molar-refractivity contribution in [3.8, 4) is 17.2 Å². The Morgan fingerprint density at radius 2 is 1.79 bits per heavy atom. The molecule has 0 atom stereocenters. The summed E-state index contributed by atoms with van der Waals surface area (Å²) in [7, 11) is 2.91. The molecule has 2 aromatic carbocycles. The molecule has 3 rings (SSSR count). The van der Waals surface area contributed by atoms with Crippen LogP contribution in [0.15, 0.2) is 34.2 Å². The molecule has 1 aromatic heterocycles. The lowest BCUT2D eigenvalue weighted by Gasteiger charge is -2.15. The summed E-state index contributed by atoms with van der Waals surface area (Å²) in [5, 5.41) is 3.51. The average molecular weight is 440 g/mol. The van der Waals surface area contributed by atoms with Crippen molar-refractivity contribution in [1.29, 1.82) is 0 Å². The van der Waals surface area contributed by atoms with Crippen molar-refractivity contribution in [2.75, 3.05) is 19.5 Å². The summed E-state index contributed by atoms with van der Waals surface area (Å²) >= 11 is 16.7. The number of hydrogen-bond acceptors (Lipinski definition) is 6. The first-order valence-electron chi connectivity index (χ1n) is 7.91. The van der Waals surface area contributed by atoms with Crippen LogP contribution in [0.3, 0.4) is 0 Å². The number of nitrogens with zero attached hydrogens (tertiary/aromatic N) is 2. The van der Waals surface area contributed by atoms with Gasteiger partial charge in [0, 0.05) is 19.1 Å². The molecule has 1 N–H and O–H groups in total.